The second-order valence-electron chi connectivity index (χ2n) is 6.54. The second kappa shape index (κ2) is 6.13. The number of benzene rings is 1. The van der Waals surface area contributed by atoms with Gasteiger partial charge in [0.1, 0.15) is 17.9 Å². The van der Waals surface area contributed by atoms with Crippen LogP contribution < -0.4 is 10.9 Å². The van der Waals surface area contributed by atoms with E-state index in [1.54, 1.807) is 19.1 Å². The first-order chi connectivity index (χ1) is 10.6. The number of fused-ring (bicyclic) bond motifs is 1. The number of hydrogen-bond acceptors (Lipinski definition) is 3. The summed E-state index contributed by atoms with van der Waals surface area (Å²) in [6, 6.07) is 5.73. The number of aryl methyl sites for hydroxylation is 1. The van der Waals surface area contributed by atoms with Crippen molar-refractivity contribution in [3.8, 4) is 5.75 Å². The predicted molar refractivity (Wildman–Crippen MR) is 85.9 cm³/mol. The fourth-order valence-corrected chi connectivity index (χ4v) is 3.56. The van der Waals surface area contributed by atoms with Gasteiger partial charge in [-0.15, -0.1) is 0 Å². The van der Waals surface area contributed by atoms with Crippen molar-refractivity contribution in [3.05, 3.63) is 39.7 Å². The van der Waals surface area contributed by atoms with Crippen LogP contribution in [-0.4, -0.2) is 11.1 Å². The van der Waals surface area contributed by atoms with Crippen LogP contribution in [0.3, 0.4) is 0 Å². The molecule has 1 fully saturated rings. The maximum Gasteiger partial charge on any atom is 0.336 e. The highest BCUT2D eigenvalue weighted by Gasteiger charge is 2.24. The number of hydrogen-bond donors (Lipinski definition) is 2. The molecule has 2 atom stereocenters. The van der Waals surface area contributed by atoms with E-state index in [4.69, 9.17) is 4.42 Å². The zero-order valence-corrected chi connectivity index (χ0v) is 13.3. The van der Waals surface area contributed by atoms with E-state index in [1.165, 1.54) is 25.7 Å². The van der Waals surface area contributed by atoms with Crippen molar-refractivity contribution >= 4 is 11.0 Å². The lowest BCUT2D eigenvalue weighted by Crippen LogP contribution is -2.90. The van der Waals surface area contributed by atoms with Crippen LogP contribution in [0.4, 0.5) is 0 Å². The zero-order valence-electron chi connectivity index (χ0n) is 13.3. The molecule has 2 aromatic rings. The molecule has 1 aromatic carbocycles. The summed E-state index contributed by atoms with van der Waals surface area (Å²) in [5, 5.41) is 13.1. The molecule has 0 amide bonds. The van der Waals surface area contributed by atoms with Gasteiger partial charge in [0.2, 0.25) is 0 Å². The summed E-state index contributed by atoms with van der Waals surface area (Å²) in [5.74, 6) is 0.892. The Balaban J connectivity index is 1.90. The van der Waals surface area contributed by atoms with Gasteiger partial charge in [-0.3, -0.25) is 0 Å². The highest BCUT2D eigenvalue weighted by Crippen LogP contribution is 2.27. The van der Waals surface area contributed by atoms with Gasteiger partial charge in [0.25, 0.3) is 0 Å². The second-order valence-corrected chi connectivity index (χ2v) is 6.54. The lowest BCUT2D eigenvalue weighted by Gasteiger charge is -2.26. The van der Waals surface area contributed by atoms with Gasteiger partial charge in [0.15, 0.2) is 0 Å². The summed E-state index contributed by atoms with van der Waals surface area (Å²) in [6.45, 7) is 4.87. The number of phenols is 1. The number of aromatic hydroxyl groups is 1. The molecular weight excluding hydrogens is 278 g/mol. The average molecular weight is 302 g/mol. The first kappa shape index (κ1) is 15.1. The molecule has 0 radical (unpaired) electrons. The Hall–Kier alpha value is -1.81. The van der Waals surface area contributed by atoms with Crippen molar-refractivity contribution in [2.24, 2.45) is 5.92 Å². The monoisotopic (exact) mass is 302 g/mol. The van der Waals surface area contributed by atoms with E-state index < -0.39 is 0 Å². The Morgan fingerprint density at radius 2 is 2.09 bits per heavy atom. The van der Waals surface area contributed by atoms with Crippen molar-refractivity contribution < 1.29 is 14.8 Å². The number of phenolic OH excluding ortho intramolecular Hbond substituents is 1. The van der Waals surface area contributed by atoms with Crippen LogP contribution in [0.25, 0.3) is 11.0 Å². The quantitative estimate of drug-likeness (QED) is 0.856. The number of quaternary nitrogens is 1. The van der Waals surface area contributed by atoms with E-state index in [1.807, 2.05) is 6.07 Å². The fraction of sp³-hybridized carbons (Fsp3) is 0.500. The minimum atomic E-state index is -0.346. The third kappa shape index (κ3) is 2.88. The Morgan fingerprint density at radius 3 is 2.86 bits per heavy atom. The van der Waals surface area contributed by atoms with E-state index in [9.17, 15) is 9.90 Å². The molecule has 1 saturated carbocycles. The molecule has 0 aliphatic heterocycles. The maximum absolute atomic E-state index is 11.8. The molecule has 0 spiro atoms. The van der Waals surface area contributed by atoms with Crippen LogP contribution in [0.5, 0.6) is 5.75 Å². The molecule has 3 rings (SSSR count). The number of nitrogens with two attached hydrogens (primary N) is 1. The molecule has 3 N–H and O–H groups in total. The van der Waals surface area contributed by atoms with Gasteiger partial charge >= 0.3 is 5.63 Å². The van der Waals surface area contributed by atoms with Gasteiger partial charge in [-0.2, -0.15) is 0 Å². The van der Waals surface area contributed by atoms with Gasteiger partial charge in [-0.1, -0.05) is 13.3 Å². The SMILES string of the molecule is Cc1c(O)ccc2c(C[NH2+][C@@H]3CCCC[C@@H]3C)cc(=O)oc12. The molecule has 4 nitrogen and oxygen atoms in total. The minimum Gasteiger partial charge on any atom is -0.508 e. The molecule has 0 saturated heterocycles. The maximum atomic E-state index is 11.8. The Labute approximate surface area is 130 Å². The smallest absolute Gasteiger partial charge is 0.336 e. The van der Waals surface area contributed by atoms with Gasteiger partial charge < -0.3 is 14.8 Å². The Morgan fingerprint density at radius 1 is 1.32 bits per heavy atom. The number of rotatable bonds is 3. The standard InChI is InChI=1S/C18H23NO3/c1-11-5-3-4-6-15(11)19-10-13-9-17(21)22-18-12(2)16(20)8-7-14(13)18/h7-9,11,15,19-20H,3-6,10H2,1-2H3/p+1/t11-,15+/m0/s1. The van der Waals surface area contributed by atoms with Gasteiger partial charge in [-0.05, 0) is 38.3 Å². The summed E-state index contributed by atoms with van der Waals surface area (Å²) in [4.78, 5) is 11.8. The molecule has 1 aliphatic rings. The first-order valence-electron chi connectivity index (χ1n) is 8.15. The highest BCUT2D eigenvalue weighted by atomic mass is 16.4. The molecule has 1 aromatic heterocycles. The Kier molecular flexibility index (Phi) is 4.21. The molecular formula is C18H24NO3+. The van der Waals surface area contributed by atoms with E-state index >= 15 is 0 Å². The molecule has 0 unspecified atom stereocenters. The summed E-state index contributed by atoms with van der Waals surface area (Å²) >= 11 is 0. The molecule has 1 aliphatic carbocycles. The Bertz CT molecular complexity index is 735. The summed E-state index contributed by atoms with van der Waals surface area (Å²) in [5.41, 5.74) is 1.78. The lowest BCUT2D eigenvalue weighted by atomic mass is 9.86. The van der Waals surface area contributed by atoms with Crippen LogP contribution in [-0.2, 0) is 6.54 Å². The normalized spacial score (nSPS) is 22.1. The van der Waals surface area contributed by atoms with E-state index in [-0.39, 0.29) is 11.4 Å². The largest absolute Gasteiger partial charge is 0.508 e. The van der Waals surface area contributed by atoms with Crippen molar-refractivity contribution in [2.45, 2.75) is 52.1 Å². The highest BCUT2D eigenvalue weighted by molar-refractivity contribution is 5.84. The van der Waals surface area contributed by atoms with Gasteiger partial charge in [-0.25, -0.2) is 4.79 Å². The van der Waals surface area contributed by atoms with Crippen LogP contribution in [0.1, 0.15) is 43.7 Å². The van der Waals surface area contributed by atoms with Crippen molar-refractivity contribution in [1.29, 1.82) is 0 Å². The van der Waals surface area contributed by atoms with Crippen LogP contribution in [0.15, 0.2) is 27.4 Å². The lowest BCUT2D eigenvalue weighted by molar-refractivity contribution is -0.712. The van der Waals surface area contributed by atoms with Crippen molar-refractivity contribution in [1.82, 2.24) is 0 Å². The summed E-state index contributed by atoms with van der Waals surface area (Å²) in [7, 11) is 0. The molecule has 22 heavy (non-hydrogen) atoms. The van der Waals surface area contributed by atoms with Gasteiger partial charge in [0.05, 0.1) is 6.04 Å². The molecule has 4 heteroatoms. The fourth-order valence-electron chi connectivity index (χ4n) is 3.56. The molecule has 118 valence electrons. The van der Waals surface area contributed by atoms with E-state index in [2.05, 4.69) is 12.2 Å². The topological polar surface area (TPSA) is 67.1 Å². The van der Waals surface area contributed by atoms with Crippen LogP contribution >= 0.6 is 0 Å². The van der Waals surface area contributed by atoms with Crippen molar-refractivity contribution in [3.63, 3.8) is 0 Å². The first-order valence-corrected chi connectivity index (χ1v) is 8.15. The van der Waals surface area contributed by atoms with E-state index in [0.29, 0.717) is 17.2 Å². The van der Waals surface area contributed by atoms with Crippen LogP contribution in [0, 0.1) is 12.8 Å². The molecule has 0 bridgehead atoms. The third-order valence-corrected chi connectivity index (χ3v) is 5.04. The zero-order chi connectivity index (χ0) is 15.7. The van der Waals surface area contributed by atoms with Crippen LogP contribution in [0.2, 0.25) is 0 Å². The van der Waals surface area contributed by atoms with Crippen molar-refractivity contribution in [2.75, 3.05) is 0 Å². The van der Waals surface area contributed by atoms with E-state index in [0.717, 1.165) is 23.4 Å². The summed E-state index contributed by atoms with van der Waals surface area (Å²) < 4.78 is 5.30. The summed E-state index contributed by atoms with van der Waals surface area (Å²) in [6.07, 6.45) is 5.18. The third-order valence-electron chi connectivity index (χ3n) is 5.04. The predicted octanol–water partition coefficient (Wildman–Crippen LogP) is 2.45. The minimum absolute atomic E-state index is 0.165. The molecule has 1 heterocycles. The average Bonchev–Trinajstić information content (AvgIpc) is 2.50. The van der Waals surface area contributed by atoms with Gasteiger partial charge in [0, 0.05) is 28.5 Å².